The second-order valence-corrected chi connectivity index (χ2v) is 3.14. The van der Waals surface area contributed by atoms with Gasteiger partial charge in [0.15, 0.2) is 0 Å². The summed E-state index contributed by atoms with van der Waals surface area (Å²) in [5.41, 5.74) is 0.0547. The Bertz CT molecular complexity index is 356. The zero-order chi connectivity index (χ0) is 11.3. The molecule has 0 aromatic heterocycles. The Morgan fingerprint density at radius 2 is 2.20 bits per heavy atom. The molecule has 0 unspecified atom stereocenters. The Kier molecular flexibility index (Phi) is 4.33. The highest BCUT2D eigenvalue weighted by Crippen LogP contribution is 2.28. The fourth-order valence-corrected chi connectivity index (χ4v) is 1.19. The topological polar surface area (TPSA) is 58.8 Å². The van der Waals surface area contributed by atoms with Gasteiger partial charge < -0.3 is 9.47 Å². The number of hydrogen-bond donors (Lipinski definition) is 1. The molecule has 0 fully saturated rings. The predicted molar refractivity (Wildman–Crippen MR) is 53.9 cm³/mol. The standard InChI is InChI=1S/C9H11ClNO4/c1-14-4-5-15-9-3-2-7(11(12)13)6-8(9)10/h2-3,6H,4-5H2,1H3,(H,12,13)/q+1. The first-order chi connectivity index (χ1) is 7.15. The van der Waals surface area contributed by atoms with Gasteiger partial charge in [0.05, 0.1) is 16.5 Å². The van der Waals surface area contributed by atoms with Crippen LogP contribution in [0.4, 0.5) is 5.69 Å². The highest BCUT2D eigenvalue weighted by molar-refractivity contribution is 6.32. The molecule has 5 nitrogen and oxygen atoms in total. The van der Waals surface area contributed by atoms with Crippen LogP contribution in [-0.4, -0.2) is 30.5 Å². The average Bonchev–Trinajstić information content (AvgIpc) is 2.20. The van der Waals surface area contributed by atoms with Crippen LogP contribution in [0.2, 0.25) is 5.02 Å². The maximum absolute atomic E-state index is 10.5. The Hall–Kier alpha value is -1.33. The second-order valence-electron chi connectivity index (χ2n) is 2.73. The Morgan fingerprint density at radius 1 is 1.47 bits per heavy atom. The molecule has 0 spiro atoms. The van der Waals surface area contributed by atoms with Gasteiger partial charge in [0.25, 0.3) is 4.92 Å². The third-order valence-corrected chi connectivity index (χ3v) is 1.98. The van der Waals surface area contributed by atoms with Crippen LogP contribution in [0.3, 0.4) is 0 Å². The molecule has 0 saturated carbocycles. The van der Waals surface area contributed by atoms with Crippen LogP contribution in [0.1, 0.15) is 0 Å². The van der Waals surface area contributed by atoms with Crippen LogP contribution in [0, 0.1) is 4.91 Å². The summed E-state index contributed by atoms with van der Waals surface area (Å²) in [5.74, 6) is 0.444. The van der Waals surface area contributed by atoms with Crippen LogP contribution in [0.25, 0.3) is 0 Å². The van der Waals surface area contributed by atoms with Crippen molar-refractivity contribution in [3.05, 3.63) is 28.1 Å². The molecule has 0 bridgehead atoms. The van der Waals surface area contributed by atoms with Gasteiger partial charge in [-0.3, -0.25) is 0 Å². The van der Waals surface area contributed by atoms with E-state index in [0.717, 1.165) is 0 Å². The number of methoxy groups -OCH3 is 1. The number of rotatable bonds is 5. The molecule has 0 radical (unpaired) electrons. The van der Waals surface area contributed by atoms with Gasteiger partial charge in [-0.1, -0.05) is 11.6 Å². The van der Waals surface area contributed by atoms with Crippen molar-refractivity contribution in [2.75, 3.05) is 20.3 Å². The number of nitrogens with zero attached hydrogens (tertiary/aromatic N) is 1. The van der Waals surface area contributed by atoms with E-state index in [4.69, 9.17) is 26.3 Å². The van der Waals surface area contributed by atoms with Crippen molar-refractivity contribution in [1.82, 2.24) is 0 Å². The Balaban J connectivity index is 2.70. The monoisotopic (exact) mass is 232 g/mol. The molecule has 1 N–H and O–H groups in total. The quantitative estimate of drug-likeness (QED) is 0.624. The lowest BCUT2D eigenvalue weighted by atomic mass is 10.3. The summed E-state index contributed by atoms with van der Waals surface area (Å²) in [5, 5.41) is 8.87. The van der Waals surface area contributed by atoms with E-state index in [1.54, 1.807) is 7.11 Å². The highest BCUT2D eigenvalue weighted by Gasteiger charge is 2.14. The molecule has 6 heteroatoms. The Morgan fingerprint density at radius 3 is 2.73 bits per heavy atom. The van der Waals surface area contributed by atoms with Crippen LogP contribution in [0.5, 0.6) is 5.75 Å². The van der Waals surface area contributed by atoms with Crippen LogP contribution < -0.4 is 4.74 Å². The van der Waals surface area contributed by atoms with E-state index in [-0.39, 0.29) is 15.6 Å². The maximum atomic E-state index is 10.5. The van der Waals surface area contributed by atoms with E-state index >= 15 is 0 Å². The lowest BCUT2D eigenvalue weighted by Crippen LogP contribution is -2.04. The van der Waals surface area contributed by atoms with Gasteiger partial charge in [0, 0.05) is 19.2 Å². The first kappa shape index (κ1) is 11.7. The minimum atomic E-state index is -0.259. The molecule has 0 saturated heterocycles. The summed E-state index contributed by atoms with van der Waals surface area (Å²) in [6.45, 7) is 0.821. The van der Waals surface area contributed by atoms with Gasteiger partial charge in [-0.05, 0) is 6.07 Å². The summed E-state index contributed by atoms with van der Waals surface area (Å²) < 4.78 is 10.1. The fourth-order valence-electron chi connectivity index (χ4n) is 0.961. The molecule has 1 rings (SSSR count). The van der Waals surface area contributed by atoms with Gasteiger partial charge >= 0.3 is 5.69 Å². The van der Waals surface area contributed by atoms with Gasteiger partial charge in [-0.25, -0.2) is 5.21 Å². The smallest absolute Gasteiger partial charge is 0.318 e. The minimum Gasteiger partial charge on any atom is -0.490 e. The van der Waals surface area contributed by atoms with Gasteiger partial charge in [0.2, 0.25) is 0 Å². The van der Waals surface area contributed by atoms with Gasteiger partial charge in [-0.15, -0.1) is 0 Å². The predicted octanol–water partition coefficient (Wildman–Crippen LogP) is 2.16. The van der Waals surface area contributed by atoms with Crippen molar-refractivity contribution in [1.29, 1.82) is 0 Å². The summed E-state index contributed by atoms with van der Waals surface area (Å²) in [6, 6.07) is 4.23. The molecule has 0 aliphatic carbocycles. The largest absolute Gasteiger partial charge is 0.490 e. The molecule has 82 valence electrons. The lowest BCUT2D eigenvalue weighted by Gasteiger charge is -2.05. The van der Waals surface area contributed by atoms with Crippen molar-refractivity contribution in [3.63, 3.8) is 0 Å². The molecule has 1 aromatic carbocycles. The third kappa shape index (κ3) is 3.38. The first-order valence-electron chi connectivity index (χ1n) is 4.22. The second kappa shape index (κ2) is 5.53. The highest BCUT2D eigenvalue weighted by atomic mass is 35.5. The molecule has 0 atom stereocenters. The number of hydrogen-bond acceptors (Lipinski definition) is 3. The van der Waals surface area contributed by atoms with E-state index in [0.29, 0.717) is 19.0 Å². The normalized spacial score (nSPS) is 10.0. The molecule has 0 aliphatic heterocycles. The van der Waals surface area contributed by atoms with Gasteiger partial charge in [0.1, 0.15) is 12.4 Å². The number of ether oxygens (including phenoxy) is 2. The molecular formula is C9H11ClNO4+. The summed E-state index contributed by atoms with van der Waals surface area (Å²) in [7, 11) is 1.56. The zero-order valence-corrected chi connectivity index (χ0v) is 8.90. The van der Waals surface area contributed by atoms with E-state index in [1.807, 2.05) is 0 Å². The van der Waals surface area contributed by atoms with Crippen LogP contribution in [0.15, 0.2) is 18.2 Å². The molecule has 0 amide bonds. The number of benzene rings is 1. The summed E-state index contributed by atoms with van der Waals surface area (Å²) >= 11 is 5.81. The molecular weight excluding hydrogens is 222 g/mol. The third-order valence-electron chi connectivity index (χ3n) is 1.68. The van der Waals surface area contributed by atoms with Crippen molar-refractivity contribution in [2.24, 2.45) is 0 Å². The molecule has 15 heavy (non-hydrogen) atoms. The minimum absolute atomic E-state index is 0.0547. The van der Waals surface area contributed by atoms with E-state index in [1.165, 1.54) is 18.2 Å². The summed E-state index contributed by atoms with van der Waals surface area (Å²) in [6.07, 6.45) is 0. The van der Waals surface area contributed by atoms with Gasteiger partial charge in [-0.2, -0.15) is 0 Å². The van der Waals surface area contributed by atoms with Crippen molar-refractivity contribution < 1.29 is 19.6 Å². The average molecular weight is 233 g/mol. The first-order valence-corrected chi connectivity index (χ1v) is 4.60. The van der Waals surface area contributed by atoms with E-state index < -0.39 is 0 Å². The zero-order valence-electron chi connectivity index (χ0n) is 8.14. The van der Waals surface area contributed by atoms with E-state index in [9.17, 15) is 4.91 Å². The summed E-state index contributed by atoms with van der Waals surface area (Å²) in [4.78, 5) is 10.3. The molecule has 0 aliphatic rings. The Labute approximate surface area is 91.7 Å². The van der Waals surface area contributed by atoms with Crippen molar-refractivity contribution in [2.45, 2.75) is 0 Å². The van der Waals surface area contributed by atoms with Crippen molar-refractivity contribution in [3.8, 4) is 5.75 Å². The molecule has 0 heterocycles. The van der Waals surface area contributed by atoms with E-state index in [2.05, 4.69) is 0 Å². The van der Waals surface area contributed by atoms with Crippen molar-refractivity contribution >= 4 is 17.3 Å². The molecule has 1 aromatic rings. The SMILES string of the molecule is COCCOc1ccc([N+](=O)O)cc1Cl. The maximum Gasteiger partial charge on any atom is 0.318 e. The fraction of sp³-hybridized carbons (Fsp3) is 0.333. The number of halogens is 1. The lowest BCUT2D eigenvalue weighted by molar-refractivity contribution is -0.729. The van der Waals surface area contributed by atoms with Crippen LogP contribution in [-0.2, 0) is 4.74 Å². The van der Waals surface area contributed by atoms with Crippen LogP contribution >= 0.6 is 11.6 Å².